The van der Waals surface area contributed by atoms with Crippen LogP contribution in [0.2, 0.25) is 18.1 Å². The number of nitrogens with zero attached hydrogens (tertiary/aromatic N) is 4. The molecule has 4 unspecified atom stereocenters. The SMILES string of the molecule is CC(C)(C)[Si](C)(C)OCC1OC(n2cnc3c(N)ncnc32)C(O)C1O. The average Bonchev–Trinajstić information content (AvgIpc) is 3.08. The van der Waals surface area contributed by atoms with E-state index in [-0.39, 0.29) is 17.5 Å². The van der Waals surface area contributed by atoms with Crippen LogP contribution < -0.4 is 5.73 Å². The van der Waals surface area contributed by atoms with Crippen LogP contribution in [0.4, 0.5) is 5.82 Å². The van der Waals surface area contributed by atoms with Crippen molar-refractivity contribution < 1.29 is 19.4 Å². The summed E-state index contributed by atoms with van der Waals surface area (Å²) in [6, 6.07) is 0. The number of hydrogen-bond acceptors (Lipinski definition) is 8. The Labute approximate surface area is 153 Å². The van der Waals surface area contributed by atoms with Crippen LogP contribution in [0.3, 0.4) is 0 Å². The fourth-order valence-electron chi connectivity index (χ4n) is 2.66. The van der Waals surface area contributed by atoms with Crippen molar-refractivity contribution in [3.63, 3.8) is 0 Å². The molecule has 1 aliphatic rings. The number of nitrogen functional groups attached to an aromatic ring is 1. The molecule has 0 spiro atoms. The Morgan fingerprint density at radius 3 is 2.58 bits per heavy atom. The number of fused-ring (bicyclic) bond motifs is 1. The van der Waals surface area contributed by atoms with Crippen LogP contribution in [0, 0.1) is 0 Å². The number of imidazole rings is 1. The van der Waals surface area contributed by atoms with E-state index in [2.05, 4.69) is 48.8 Å². The Morgan fingerprint density at radius 2 is 1.92 bits per heavy atom. The zero-order valence-corrected chi connectivity index (χ0v) is 16.7. The second-order valence-corrected chi connectivity index (χ2v) is 13.0. The maximum absolute atomic E-state index is 10.5. The summed E-state index contributed by atoms with van der Waals surface area (Å²) < 4.78 is 13.6. The van der Waals surface area contributed by atoms with Gasteiger partial charge in [-0.1, -0.05) is 20.8 Å². The van der Waals surface area contributed by atoms with Crippen LogP contribution in [0.25, 0.3) is 11.2 Å². The molecule has 144 valence electrons. The first-order chi connectivity index (χ1) is 12.0. The van der Waals surface area contributed by atoms with Crippen LogP contribution in [-0.2, 0) is 9.16 Å². The van der Waals surface area contributed by atoms with Gasteiger partial charge >= 0.3 is 0 Å². The molecular formula is C16H27N5O4Si. The Kier molecular flexibility index (Phi) is 4.82. The van der Waals surface area contributed by atoms with Crippen LogP contribution >= 0.6 is 0 Å². The van der Waals surface area contributed by atoms with Crippen LogP contribution in [0.1, 0.15) is 27.0 Å². The first-order valence-corrected chi connectivity index (χ1v) is 11.5. The van der Waals surface area contributed by atoms with Crippen molar-refractivity contribution >= 4 is 25.3 Å². The van der Waals surface area contributed by atoms with Gasteiger partial charge < -0.3 is 25.1 Å². The lowest BCUT2D eigenvalue weighted by Gasteiger charge is -2.37. The lowest BCUT2D eigenvalue weighted by Crippen LogP contribution is -2.44. The molecule has 0 saturated carbocycles. The summed E-state index contributed by atoms with van der Waals surface area (Å²) in [5.41, 5.74) is 6.67. The van der Waals surface area contributed by atoms with Crippen molar-refractivity contribution in [1.29, 1.82) is 0 Å². The second kappa shape index (κ2) is 6.53. The van der Waals surface area contributed by atoms with E-state index in [0.717, 1.165) is 0 Å². The first-order valence-electron chi connectivity index (χ1n) is 8.61. The van der Waals surface area contributed by atoms with Gasteiger partial charge in [0.2, 0.25) is 0 Å². The second-order valence-electron chi connectivity index (χ2n) is 8.20. The standard InChI is InChI=1S/C16H27N5O4Si/c1-16(2,3)26(4,5)24-6-9-11(22)12(23)15(25-9)21-8-20-10-13(17)18-7-19-14(10)21/h7-9,11-12,15,22-23H,6H2,1-5H3,(H2,17,18,19). The van der Waals surface area contributed by atoms with E-state index < -0.39 is 32.9 Å². The summed E-state index contributed by atoms with van der Waals surface area (Å²) in [4.78, 5) is 12.2. The van der Waals surface area contributed by atoms with E-state index in [9.17, 15) is 10.2 Å². The van der Waals surface area contributed by atoms with E-state index in [0.29, 0.717) is 11.2 Å². The number of aliphatic hydroxyl groups excluding tert-OH is 2. The number of hydrogen-bond donors (Lipinski definition) is 3. The first kappa shape index (κ1) is 19.2. The molecule has 10 heteroatoms. The lowest BCUT2D eigenvalue weighted by molar-refractivity contribution is -0.0491. The van der Waals surface area contributed by atoms with Gasteiger partial charge in [-0.25, -0.2) is 15.0 Å². The van der Waals surface area contributed by atoms with E-state index in [4.69, 9.17) is 14.9 Å². The van der Waals surface area contributed by atoms with Gasteiger partial charge in [0.1, 0.15) is 30.2 Å². The molecule has 3 heterocycles. The van der Waals surface area contributed by atoms with Crippen molar-refractivity contribution in [2.75, 3.05) is 12.3 Å². The minimum Gasteiger partial charge on any atom is -0.414 e. The summed E-state index contributed by atoms with van der Waals surface area (Å²) in [6.07, 6.45) is -0.852. The molecule has 2 aromatic heterocycles. The summed E-state index contributed by atoms with van der Waals surface area (Å²) in [5.74, 6) is 0.250. The van der Waals surface area contributed by atoms with Gasteiger partial charge in [-0.05, 0) is 18.1 Å². The summed E-state index contributed by atoms with van der Waals surface area (Å²) in [7, 11) is -1.99. The summed E-state index contributed by atoms with van der Waals surface area (Å²) >= 11 is 0. The number of nitrogens with two attached hydrogens (primary N) is 1. The largest absolute Gasteiger partial charge is 0.414 e. The fraction of sp³-hybridized carbons (Fsp3) is 0.688. The Bertz CT molecular complexity index is 791. The highest BCUT2D eigenvalue weighted by molar-refractivity contribution is 6.74. The summed E-state index contributed by atoms with van der Waals surface area (Å²) in [5, 5.41) is 20.9. The van der Waals surface area contributed by atoms with E-state index in [1.807, 2.05) is 0 Å². The van der Waals surface area contributed by atoms with E-state index >= 15 is 0 Å². The van der Waals surface area contributed by atoms with Crippen molar-refractivity contribution in [3.05, 3.63) is 12.7 Å². The monoisotopic (exact) mass is 381 g/mol. The van der Waals surface area contributed by atoms with Crippen molar-refractivity contribution in [2.24, 2.45) is 0 Å². The minimum atomic E-state index is -1.99. The number of aliphatic hydroxyl groups is 2. The lowest BCUT2D eigenvalue weighted by atomic mass is 10.1. The Morgan fingerprint density at radius 1 is 1.23 bits per heavy atom. The molecule has 4 N–H and O–H groups in total. The molecule has 3 rings (SSSR count). The maximum atomic E-state index is 10.5. The van der Waals surface area contributed by atoms with Gasteiger partial charge in [0.05, 0.1) is 12.9 Å². The quantitative estimate of drug-likeness (QED) is 0.670. The van der Waals surface area contributed by atoms with E-state index in [1.54, 1.807) is 4.57 Å². The van der Waals surface area contributed by atoms with Crippen LogP contribution in [-0.4, -0.2) is 63.0 Å². The third kappa shape index (κ3) is 3.23. The molecular weight excluding hydrogens is 354 g/mol. The highest BCUT2D eigenvalue weighted by atomic mass is 28.4. The molecule has 4 atom stereocenters. The van der Waals surface area contributed by atoms with Gasteiger partial charge in [-0.15, -0.1) is 0 Å². The topological polar surface area (TPSA) is 129 Å². The van der Waals surface area contributed by atoms with Gasteiger partial charge in [-0.2, -0.15) is 0 Å². The molecule has 2 aromatic rings. The van der Waals surface area contributed by atoms with Crippen LogP contribution in [0.15, 0.2) is 12.7 Å². The molecule has 0 aromatic carbocycles. The normalized spacial score (nSPS) is 27.3. The number of rotatable bonds is 4. The fourth-order valence-corrected chi connectivity index (χ4v) is 3.67. The maximum Gasteiger partial charge on any atom is 0.192 e. The predicted octanol–water partition coefficient (Wildman–Crippen LogP) is 1.05. The van der Waals surface area contributed by atoms with E-state index in [1.165, 1.54) is 12.7 Å². The van der Waals surface area contributed by atoms with Gasteiger partial charge in [0.15, 0.2) is 26.0 Å². The minimum absolute atomic E-state index is 0.0452. The van der Waals surface area contributed by atoms with Gasteiger partial charge in [-0.3, -0.25) is 4.57 Å². The number of anilines is 1. The zero-order valence-electron chi connectivity index (χ0n) is 15.7. The average molecular weight is 382 g/mol. The molecule has 0 radical (unpaired) electrons. The third-order valence-corrected chi connectivity index (χ3v) is 9.91. The molecule has 0 bridgehead atoms. The molecule has 1 fully saturated rings. The highest BCUT2D eigenvalue weighted by Crippen LogP contribution is 2.38. The van der Waals surface area contributed by atoms with Gasteiger partial charge in [0.25, 0.3) is 0 Å². The molecule has 1 saturated heterocycles. The number of ether oxygens (including phenoxy) is 1. The molecule has 9 nitrogen and oxygen atoms in total. The van der Waals surface area contributed by atoms with Crippen molar-refractivity contribution in [2.45, 2.75) is 63.4 Å². The Hall–Kier alpha value is -1.59. The Balaban J connectivity index is 1.78. The molecule has 26 heavy (non-hydrogen) atoms. The predicted molar refractivity (Wildman–Crippen MR) is 98.8 cm³/mol. The van der Waals surface area contributed by atoms with Gasteiger partial charge in [0, 0.05) is 0 Å². The molecule has 0 aliphatic carbocycles. The smallest absolute Gasteiger partial charge is 0.192 e. The number of aromatic nitrogens is 4. The molecule has 0 amide bonds. The highest BCUT2D eigenvalue weighted by Gasteiger charge is 2.46. The van der Waals surface area contributed by atoms with Crippen LogP contribution in [0.5, 0.6) is 0 Å². The zero-order chi connectivity index (χ0) is 19.3. The van der Waals surface area contributed by atoms with Crippen molar-refractivity contribution in [1.82, 2.24) is 19.5 Å². The molecule has 1 aliphatic heterocycles. The third-order valence-electron chi connectivity index (χ3n) is 5.41. The van der Waals surface area contributed by atoms with Crippen molar-refractivity contribution in [3.8, 4) is 0 Å². The summed E-state index contributed by atoms with van der Waals surface area (Å²) in [6.45, 7) is 10.9.